The molecule has 26 heavy (non-hydrogen) atoms. The number of amides is 2. The Bertz CT molecular complexity index is 727. The first-order chi connectivity index (χ1) is 12.7. The van der Waals surface area contributed by atoms with Gasteiger partial charge in [-0.05, 0) is 22.6 Å². The fraction of sp³-hybridized carbons (Fsp3) is 0.368. The molecule has 1 aliphatic heterocycles. The van der Waals surface area contributed by atoms with Crippen LogP contribution in [0.2, 0.25) is 0 Å². The summed E-state index contributed by atoms with van der Waals surface area (Å²) in [6, 6.07) is 11.7. The summed E-state index contributed by atoms with van der Waals surface area (Å²) in [7, 11) is 0. The molecule has 1 saturated heterocycles. The number of thiophene rings is 1. The fourth-order valence-electron chi connectivity index (χ4n) is 2.80. The summed E-state index contributed by atoms with van der Waals surface area (Å²) in [5.41, 5.74) is 2.30. The maximum Gasteiger partial charge on any atom is 0.261 e. The van der Waals surface area contributed by atoms with Gasteiger partial charge in [0, 0.05) is 26.2 Å². The van der Waals surface area contributed by atoms with Gasteiger partial charge in [0.2, 0.25) is 5.91 Å². The lowest BCUT2D eigenvalue weighted by molar-refractivity contribution is -0.120. The van der Waals surface area contributed by atoms with Gasteiger partial charge in [0.15, 0.2) is 0 Å². The van der Waals surface area contributed by atoms with Crippen molar-refractivity contribution < 1.29 is 14.3 Å². The first kappa shape index (κ1) is 18.6. The van der Waals surface area contributed by atoms with Crippen LogP contribution in [-0.4, -0.2) is 49.6 Å². The van der Waals surface area contributed by atoms with E-state index in [2.05, 4.69) is 21.6 Å². The molecule has 2 heterocycles. The van der Waals surface area contributed by atoms with Crippen molar-refractivity contribution in [1.82, 2.24) is 15.5 Å². The van der Waals surface area contributed by atoms with Gasteiger partial charge in [0.25, 0.3) is 5.91 Å². The zero-order valence-corrected chi connectivity index (χ0v) is 15.4. The smallest absolute Gasteiger partial charge is 0.261 e. The molecule has 0 aliphatic carbocycles. The highest BCUT2D eigenvalue weighted by molar-refractivity contribution is 7.12. The molecule has 6 nitrogen and oxygen atoms in total. The predicted octanol–water partition coefficient (Wildman–Crippen LogP) is 1.63. The number of nitrogens with zero attached hydrogens (tertiary/aromatic N) is 1. The van der Waals surface area contributed by atoms with Crippen molar-refractivity contribution in [2.45, 2.75) is 13.1 Å². The van der Waals surface area contributed by atoms with Gasteiger partial charge in [-0.3, -0.25) is 14.5 Å². The number of carbonyl (C=O) groups is 2. The SMILES string of the molecule is O=C(CNC(=O)c1cccs1)NCc1ccccc1CN1CCOCC1. The highest BCUT2D eigenvalue weighted by Gasteiger charge is 2.13. The molecule has 0 radical (unpaired) electrons. The summed E-state index contributed by atoms with van der Waals surface area (Å²) in [5.74, 6) is -0.418. The number of hydrogen-bond donors (Lipinski definition) is 2. The zero-order valence-electron chi connectivity index (χ0n) is 14.6. The van der Waals surface area contributed by atoms with Crippen molar-refractivity contribution in [1.29, 1.82) is 0 Å². The third-order valence-corrected chi connectivity index (χ3v) is 5.12. The Balaban J connectivity index is 1.47. The van der Waals surface area contributed by atoms with Crippen LogP contribution >= 0.6 is 11.3 Å². The molecule has 1 fully saturated rings. The molecule has 0 bridgehead atoms. The van der Waals surface area contributed by atoms with Gasteiger partial charge in [-0.1, -0.05) is 30.3 Å². The zero-order chi connectivity index (χ0) is 18.2. The Morgan fingerprint density at radius 2 is 1.81 bits per heavy atom. The molecule has 2 aromatic rings. The normalized spacial score (nSPS) is 14.8. The van der Waals surface area contributed by atoms with Crippen LogP contribution in [0.3, 0.4) is 0 Å². The third kappa shape index (κ3) is 5.39. The van der Waals surface area contributed by atoms with Crippen molar-refractivity contribution in [3.63, 3.8) is 0 Å². The molecule has 138 valence electrons. The van der Waals surface area contributed by atoms with Crippen LogP contribution in [0.15, 0.2) is 41.8 Å². The summed E-state index contributed by atoms with van der Waals surface area (Å²) in [5, 5.41) is 7.36. The topological polar surface area (TPSA) is 70.7 Å². The molecule has 2 N–H and O–H groups in total. The van der Waals surface area contributed by atoms with Gasteiger partial charge < -0.3 is 15.4 Å². The highest BCUT2D eigenvalue weighted by Crippen LogP contribution is 2.13. The van der Waals surface area contributed by atoms with Crippen LogP contribution in [0.4, 0.5) is 0 Å². The minimum absolute atomic E-state index is 0.0254. The molecule has 7 heteroatoms. The molecule has 2 amide bonds. The monoisotopic (exact) mass is 373 g/mol. The number of nitrogens with one attached hydrogen (secondary N) is 2. The van der Waals surface area contributed by atoms with E-state index in [1.54, 1.807) is 6.07 Å². The van der Waals surface area contributed by atoms with Gasteiger partial charge in [0.1, 0.15) is 0 Å². The Morgan fingerprint density at radius 3 is 2.54 bits per heavy atom. The quantitative estimate of drug-likeness (QED) is 0.774. The van der Waals surface area contributed by atoms with Crippen molar-refractivity contribution in [2.24, 2.45) is 0 Å². The number of morpholine rings is 1. The van der Waals surface area contributed by atoms with E-state index in [0.29, 0.717) is 11.4 Å². The van der Waals surface area contributed by atoms with Crippen molar-refractivity contribution in [3.05, 3.63) is 57.8 Å². The van der Waals surface area contributed by atoms with Crippen LogP contribution in [-0.2, 0) is 22.6 Å². The Morgan fingerprint density at radius 1 is 1.04 bits per heavy atom. The third-order valence-electron chi connectivity index (χ3n) is 4.25. The molecule has 0 saturated carbocycles. The lowest BCUT2D eigenvalue weighted by Crippen LogP contribution is -2.37. The molecule has 0 atom stereocenters. The van der Waals surface area contributed by atoms with Gasteiger partial charge in [0.05, 0.1) is 24.6 Å². The van der Waals surface area contributed by atoms with E-state index in [0.717, 1.165) is 38.4 Å². The largest absolute Gasteiger partial charge is 0.379 e. The van der Waals surface area contributed by atoms with E-state index in [4.69, 9.17) is 4.74 Å². The summed E-state index contributed by atoms with van der Waals surface area (Å²) < 4.78 is 5.39. The van der Waals surface area contributed by atoms with Crippen LogP contribution in [0.1, 0.15) is 20.8 Å². The summed E-state index contributed by atoms with van der Waals surface area (Å²) in [6.45, 7) is 4.66. The van der Waals surface area contributed by atoms with Crippen LogP contribution in [0.25, 0.3) is 0 Å². The molecule has 0 unspecified atom stereocenters. The second-order valence-corrected chi connectivity index (χ2v) is 7.04. The van der Waals surface area contributed by atoms with E-state index < -0.39 is 0 Å². The number of carbonyl (C=O) groups excluding carboxylic acids is 2. The first-order valence-corrected chi connectivity index (χ1v) is 9.55. The molecule has 1 aromatic carbocycles. The van der Waals surface area contributed by atoms with Crippen molar-refractivity contribution in [2.75, 3.05) is 32.8 Å². The average Bonchev–Trinajstić information content (AvgIpc) is 3.21. The first-order valence-electron chi connectivity index (χ1n) is 8.67. The second-order valence-electron chi connectivity index (χ2n) is 6.09. The maximum absolute atomic E-state index is 12.0. The van der Waals surface area contributed by atoms with E-state index in [1.807, 2.05) is 29.6 Å². The maximum atomic E-state index is 12.0. The average molecular weight is 373 g/mol. The highest BCUT2D eigenvalue weighted by atomic mass is 32.1. The van der Waals surface area contributed by atoms with Gasteiger partial charge in [-0.2, -0.15) is 0 Å². The Kier molecular flexibility index (Phi) is 6.76. The standard InChI is InChI=1S/C19H23N3O3S/c23-18(13-21-19(24)17-6-3-11-26-17)20-12-15-4-1-2-5-16(15)14-22-7-9-25-10-8-22/h1-6,11H,7-10,12-14H2,(H,20,23)(H,21,24). The summed E-state index contributed by atoms with van der Waals surface area (Å²) >= 11 is 1.35. The van der Waals surface area contributed by atoms with Gasteiger partial charge >= 0.3 is 0 Å². The molecular weight excluding hydrogens is 350 g/mol. The van der Waals surface area contributed by atoms with Crippen molar-refractivity contribution >= 4 is 23.2 Å². The molecular formula is C19H23N3O3S. The summed E-state index contributed by atoms with van der Waals surface area (Å²) in [4.78, 5) is 26.9. The Hall–Kier alpha value is -2.22. The van der Waals surface area contributed by atoms with E-state index >= 15 is 0 Å². The predicted molar refractivity (Wildman–Crippen MR) is 101 cm³/mol. The fourth-order valence-corrected chi connectivity index (χ4v) is 3.44. The number of hydrogen-bond acceptors (Lipinski definition) is 5. The van der Waals surface area contributed by atoms with Crippen molar-refractivity contribution in [3.8, 4) is 0 Å². The number of ether oxygens (including phenoxy) is 1. The van der Waals surface area contributed by atoms with Gasteiger partial charge in [-0.15, -0.1) is 11.3 Å². The Labute approximate surface area is 157 Å². The van der Waals surface area contributed by atoms with Gasteiger partial charge in [-0.25, -0.2) is 0 Å². The number of rotatable bonds is 7. The summed E-state index contributed by atoms with van der Waals surface area (Å²) in [6.07, 6.45) is 0. The lowest BCUT2D eigenvalue weighted by atomic mass is 10.1. The molecule has 0 spiro atoms. The molecule has 3 rings (SSSR count). The van der Waals surface area contributed by atoms with Crippen LogP contribution in [0, 0.1) is 0 Å². The molecule has 1 aliphatic rings. The minimum Gasteiger partial charge on any atom is -0.379 e. The minimum atomic E-state index is -0.220. The number of benzene rings is 1. The second kappa shape index (κ2) is 9.47. The van der Waals surface area contributed by atoms with E-state index in [9.17, 15) is 9.59 Å². The lowest BCUT2D eigenvalue weighted by Gasteiger charge is -2.27. The molecule has 1 aromatic heterocycles. The van der Waals surface area contributed by atoms with E-state index in [-0.39, 0.29) is 18.4 Å². The van der Waals surface area contributed by atoms with Crippen LogP contribution < -0.4 is 10.6 Å². The van der Waals surface area contributed by atoms with Crippen LogP contribution in [0.5, 0.6) is 0 Å². The van der Waals surface area contributed by atoms with E-state index in [1.165, 1.54) is 16.9 Å².